The fourth-order valence-electron chi connectivity index (χ4n) is 2.85. The zero-order chi connectivity index (χ0) is 17.6. The summed E-state index contributed by atoms with van der Waals surface area (Å²) in [7, 11) is -3.16. The van der Waals surface area contributed by atoms with E-state index in [1.165, 1.54) is 0 Å². The molecule has 0 fully saturated rings. The van der Waals surface area contributed by atoms with E-state index in [0.29, 0.717) is 38.6 Å². The highest BCUT2D eigenvalue weighted by Crippen LogP contribution is 2.29. The van der Waals surface area contributed by atoms with Gasteiger partial charge in [0, 0.05) is 39.1 Å². The van der Waals surface area contributed by atoms with Crippen molar-refractivity contribution in [3.63, 3.8) is 0 Å². The molecule has 0 amide bonds. The first-order valence-corrected chi connectivity index (χ1v) is 12.8. The summed E-state index contributed by atoms with van der Waals surface area (Å²) < 4.78 is 29.6. The Morgan fingerprint density at radius 2 is 1.22 bits per heavy atom. The van der Waals surface area contributed by atoms with Crippen LogP contribution < -0.4 is 0 Å². The van der Waals surface area contributed by atoms with Crippen LogP contribution in [-0.2, 0) is 22.8 Å². The van der Waals surface area contributed by atoms with E-state index in [-0.39, 0.29) is 5.91 Å². The van der Waals surface area contributed by atoms with Crippen molar-refractivity contribution in [2.75, 3.05) is 33.0 Å². The standard InChI is InChI=1S/C16H38O5Si2/c1-7-13-15(22-16(17-8-2)18-9-3)14-23(19-10-4,20-11-5)21-12-6/h15-16H,7-14,22H2,1-6H3. The topological polar surface area (TPSA) is 46.2 Å². The molecule has 0 radical (unpaired) electrons. The maximum atomic E-state index is 6.02. The normalized spacial score (nSPS) is 14.2. The van der Waals surface area contributed by atoms with Gasteiger partial charge in [-0.05, 0) is 40.2 Å². The van der Waals surface area contributed by atoms with Gasteiger partial charge < -0.3 is 22.8 Å². The maximum Gasteiger partial charge on any atom is 0.500 e. The molecule has 5 nitrogen and oxygen atoms in total. The van der Waals surface area contributed by atoms with Gasteiger partial charge in [0.1, 0.15) is 5.91 Å². The van der Waals surface area contributed by atoms with E-state index in [0.717, 1.165) is 18.9 Å². The second kappa shape index (κ2) is 14.6. The van der Waals surface area contributed by atoms with Gasteiger partial charge in [-0.3, -0.25) is 0 Å². The number of ether oxygens (including phenoxy) is 2. The van der Waals surface area contributed by atoms with Crippen LogP contribution in [0.15, 0.2) is 0 Å². The van der Waals surface area contributed by atoms with Crippen LogP contribution in [0.2, 0.25) is 11.6 Å². The minimum Gasteiger partial charge on any atom is -0.374 e. The van der Waals surface area contributed by atoms with Crippen LogP contribution in [0.1, 0.15) is 54.4 Å². The Morgan fingerprint density at radius 3 is 1.57 bits per heavy atom. The molecule has 140 valence electrons. The van der Waals surface area contributed by atoms with E-state index in [4.69, 9.17) is 22.8 Å². The Morgan fingerprint density at radius 1 is 0.739 bits per heavy atom. The number of rotatable bonds is 16. The van der Waals surface area contributed by atoms with Crippen molar-refractivity contribution in [1.82, 2.24) is 0 Å². The van der Waals surface area contributed by atoms with Crippen LogP contribution in [0.5, 0.6) is 0 Å². The van der Waals surface area contributed by atoms with E-state index in [1.807, 2.05) is 34.6 Å². The lowest BCUT2D eigenvalue weighted by atomic mass is 10.3. The summed E-state index contributed by atoms with van der Waals surface area (Å²) in [5, 5.41) is 0. The van der Waals surface area contributed by atoms with Crippen molar-refractivity contribution in [2.45, 2.75) is 71.9 Å². The van der Waals surface area contributed by atoms with Crippen LogP contribution in [0.3, 0.4) is 0 Å². The first-order valence-electron chi connectivity index (χ1n) is 9.26. The first-order chi connectivity index (χ1) is 11.1. The highest BCUT2D eigenvalue weighted by molar-refractivity contribution is 6.62. The molecule has 7 heteroatoms. The molecule has 23 heavy (non-hydrogen) atoms. The molecule has 0 spiro atoms. The summed E-state index contributed by atoms with van der Waals surface area (Å²) >= 11 is 0. The van der Waals surface area contributed by atoms with E-state index >= 15 is 0 Å². The third-order valence-electron chi connectivity index (χ3n) is 3.56. The van der Waals surface area contributed by atoms with Crippen molar-refractivity contribution in [3.05, 3.63) is 0 Å². The molecular formula is C16H38O5Si2. The highest BCUT2D eigenvalue weighted by Gasteiger charge is 2.43. The smallest absolute Gasteiger partial charge is 0.374 e. The fraction of sp³-hybridized carbons (Fsp3) is 1.00. The quantitative estimate of drug-likeness (QED) is 0.310. The fourth-order valence-corrected chi connectivity index (χ4v) is 9.35. The highest BCUT2D eigenvalue weighted by atomic mass is 28.4. The van der Waals surface area contributed by atoms with Gasteiger partial charge in [-0.1, -0.05) is 19.8 Å². The molecular weight excluding hydrogens is 328 g/mol. The van der Waals surface area contributed by atoms with Crippen LogP contribution in [0.25, 0.3) is 0 Å². The molecule has 0 aliphatic carbocycles. The lowest BCUT2D eigenvalue weighted by Crippen LogP contribution is -2.48. The molecule has 1 atom stereocenters. The molecule has 0 heterocycles. The van der Waals surface area contributed by atoms with Gasteiger partial charge in [0.2, 0.25) is 0 Å². The lowest BCUT2D eigenvalue weighted by Gasteiger charge is -2.32. The van der Waals surface area contributed by atoms with Crippen LogP contribution >= 0.6 is 0 Å². The second-order valence-electron chi connectivity index (χ2n) is 5.42. The van der Waals surface area contributed by atoms with Gasteiger partial charge in [-0.2, -0.15) is 0 Å². The Bertz CT molecular complexity index is 246. The Hall–Kier alpha value is 0.234. The lowest BCUT2D eigenvalue weighted by molar-refractivity contribution is -0.0834. The van der Waals surface area contributed by atoms with Gasteiger partial charge in [0.15, 0.2) is 0 Å². The molecule has 0 aromatic rings. The Kier molecular flexibility index (Phi) is 14.7. The molecule has 0 aliphatic rings. The molecule has 0 aromatic heterocycles. The van der Waals surface area contributed by atoms with Crippen molar-refractivity contribution in [1.29, 1.82) is 0 Å². The van der Waals surface area contributed by atoms with Crippen molar-refractivity contribution >= 4 is 18.3 Å². The van der Waals surface area contributed by atoms with Gasteiger partial charge in [-0.25, -0.2) is 0 Å². The number of hydrogen-bond acceptors (Lipinski definition) is 5. The average Bonchev–Trinajstić information content (AvgIpc) is 2.48. The molecule has 0 saturated heterocycles. The minimum absolute atomic E-state index is 0.0156. The van der Waals surface area contributed by atoms with Gasteiger partial charge in [0.05, 0.1) is 9.52 Å². The molecule has 0 N–H and O–H groups in total. The van der Waals surface area contributed by atoms with Crippen LogP contribution in [-0.4, -0.2) is 57.3 Å². The van der Waals surface area contributed by atoms with Crippen molar-refractivity contribution in [2.24, 2.45) is 0 Å². The van der Waals surface area contributed by atoms with Crippen LogP contribution in [0.4, 0.5) is 0 Å². The van der Waals surface area contributed by atoms with E-state index in [1.54, 1.807) is 0 Å². The van der Waals surface area contributed by atoms with E-state index in [9.17, 15) is 0 Å². The van der Waals surface area contributed by atoms with Crippen molar-refractivity contribution in [3.8, 4) is 0 Å². The summed E-state index contributed by atoms with van der Waals surface area (Å²) in [6.45, 7) is 15.6. The minimum atomic E-state index is -2.58. The van der Waals surface area contributed by atoms with Gasteiger partial charge in [-0.15, -0.1) is 0 Å². The maximum absolute atomic E-state index is 6.02. The van der Waals surface area contributed by atoms with Gasteiger partial charge in [0.25, 0.3) is 0 Å². The number of hydrogen-bond donors (Lipinski definition) is 0. The predicted molar refractivity (Wildman–Crippen MR) is 99.7 cm³/mol. The zero-order valence-corrected chi connectivity index (χ0v) is 18.5. The largest absolute Gasteiger partial charge is 0.500 e. The molecule has 0 rings (SSSR count). The molecule has 1 unspecified atom stereocenters. The van der Waals surface area contributed by atoms with Crippen molar-refractivity contribution < 1.29 is 22.8 Å². The molecule has 0 aromatic carbocycles. The molecule has 0 saturated carbocycles. The first kappa shape index (κ1) is 23.2. The van der Waals surface area contributed by atoms with Gasteiger partial charge >= 0.3 is 8.80 Å². The summed E-state index contributed by atoms with van der Waals surface area (Å²) in [6, 6.07) is 0.888. The van der Waals surface area contributed by atoms with E-state index in [2.05, 4.69) is 6.92 Å². The summed E-state index contributed by atoms with van der Waals surface area (Å²) in [4.78, 5) is 0. The SMILES string of the molecule is CCCC(C[Si](OCC)(OCC)OCC)[SiH2]C(OCC)OCC. The average molecular weight is 367 g/mol. The Balaban J connectivity index is 4.98. The van der Waals surface area contributed by atoms with Crippen LogP contribution in [0, 0.1) is 0 Å². The molecule has 0 aliphatic heterocycles. The second-order valence-corrected chi connectivity index (χ2v) is 10.3. The van der Waals surface area contributed by atoms with E-state index < -0.39 is 18.3 Å². The zero-order valence-electron chi connectivity index (χ0n) is 16.1. The summed E-state index contributed by atoms with van der Waals surface area (Å²) in [6.07, 6.45) is 2.31. The molecule has 0 bridgehead atoms. The summed E-state index contributed by atoms with van der Waals surface area (Å²) in [5.41, 5.74) is 0.555. The predicted octanol–water partition coefficient (Wildman–Crippen LogP) is 3.15. The summed E-state index contributed by atoms with van der Waals surface area (Å²) in [5.74, 6) is -0.0156. The third-order valence-corrected chi connectivity index (χ3v) is 9.62. The third kappa shape index (κ3) is 9.96. The monoisotopic (exact) mass is 366 g/mol. The Labute approximate surface area is 146 Å².